The maximum absolute atomic E-state index is 13.8. The Balaban J connectivity index is 1.87. The Kier molecular flexibility index (Phi) is 4.57. The van der Waals surface area contributed by atoms with Crippen LogP contribution in [0.3, 0.4) is 0 Å². The van der Waals surface area contributed by atoms with Gasteiger partial charge in [0.25, 0.3) is 10.0 Å². The van der Waals surface area contributed by atoms with E-state index in [-0.39, 0.29) is 10.6 Å². The van der Waals surface area contributed by atoms with Crippen LogP contribution in [0.4, 0.5) is 10.1 Å². The van der Waals surface area contributed by atoms with Gasteiger partial charge in [0.2, 0.25) is 0 Å². The summed E-state index contributed by atoms with van der Waals surface area (Å²) in [5.41, 5.74) is 3.18. The van der Waals surface area contributed by atoms with Crippen LogP contribution in [-0.4, -0.2) is 13.4 Å². The quantitative estimate of drug-likeness (QED) is 0.522. The average Bonchev–Trinajstić information content (AvgIpc) is 2.69. The number of aromatic nitrogens is 1. The molecule has 28 heavy (non-hydrogen) atoms. The Labute approximate surface area is 162 Å². The van der Waals surface area contributed by atoms with Crippen LogP contribution < -0.4 is 4.72 Å². The van der Waals surface area contributed by atoms with Gasteiger partial charge in [0.05, 0.1) is 21.8 Å². The van der Waals surface area contributed by atoms with Crippen molar-refractivity contribution in [2.24, 2.45) is 0 Å². The van der Waals surface area contributed by atoms with Crippen LogP contribution >= 0.6 is 0 Å². The summed E-state index contributed by atoms with van der Waals surface area (Å²) in [5.74, 6) is -0.461. The fraction of sp³-hybridized carbons (Fsp3) is 0.0455. The van der Waals surface area contributed by atoms with Crippen LogP contribution in [0.2, 0.25) is 0 Å². The van der Waals surface area contributed by atoms with Gasteiger partial charge in [-0.2, -0.15) is 0 Å². The van der Waals surface area contributed by atoms with E-state index in [1.165, 1.54) is 12.1 Å². The van der Waals surface area contributed by atoms with Gasteiger partial charge < -0.3 is 0 Å². The van der Waals surface area contributed by atoms with Gasteiger partial charge in [0, 0.05) is 10.9 Å². The first-order chi connectivity index (χ1) is 13.4. The topological polar surface area (TPSA) is 59.1 Å². The summed E-state index contributed by atoms with van der Waals surface area (Å²) in [5, 5.41) is 0.398. The SMILES string of the molecule is Cc1ccc(S(=O)(=O)Nc2cc(-c3ccccc3)nc3ccc(F)cc23)cc1. The number of pyridine rings is 1. The predicted octanol–water partition coefficient (Wildman–Crippen LogP) is 5.15. The fourth-order valence-corrected chi connectivity index (χ4v) is 4.03. The number of benzene rings is 3. The van der Waals surface area contributed by atoms with Gasteiger partial charge in [-0.3, -0.25) is 4.72 Å². The minimum Gasteiger partial charge on any atom is -0.279 e. The van der Waals surface area contributed by atoms with E-state index in [0.717, 1.165) is 11.1 Å². The summed E-state index contributed by atoms with van der Waals surface area (Å²) in [4.78, 5) is 4.70. The zero-order valence-corrected chi connectivity index (χ0v) is 15.9. The lowest BCUT2D eigenvalue weighted by molar-refractivity contribution is 0.601. The standard InChI is InChI=1S/C22H17FN2O2S/c1-15-7-10-18(11-8-15)28(26,27)25-22-14-21(16-5-3-2-4-6-16)24-20-12-9-17(23)13-19(20)22/h2-14H,1H3,(H,24,25). The van der Waals surface area contributed by atoms with E-state index in [1.54, 1.807) is 36.4 Å². The van der Waals surface area contributed by atoms with E-state index in [1.807, 2.05) is 37.3 Å². The molecule has 0 saturated carbocycles. The van der Waals surface area contributed by atoms with Crippen LogP contribution in [0.25, 0.3) is 22.2 Å². The second-order valence-corrected chi connectivity index (χ2v) is 8.18. The maximum Gasteiger partial charge on any atom is 0.261 e. The molecule has 0 aliphatic carbocycles. The highest BCUT2D eigenvalue weighted by molar-refractivity contribution is 7.92. The van der Waals surface area contributed by atoms with Crippen molar-refractivity contribution in [3.8, 4) is 11.3 Å². The molecule has 0 bridgehead atoms. The number of sulfonamides is 1. The summed E-state index contributed by atoms with van der Waals surface area (Å²) in [6, 6.07) is 21.7. The lowest BCUT2D eigenvalue weighted by atomic mass is 10.1. The monoisotopic (exact) mass is 392 g/mol. The third-order valence-corrected chi connectivity index (χ3v) is 5.80. The minimum atomic E-state index is -3.83. The molecule has 3 aromatic carbocycles. The van der Waals surface area contributed by atoms with Crippen molar-refractivity contribution < 1.29 is 12.8 Å². The van der Waals surface area contributed by atoms with Crippen molar-refractivity contribution in [2.45, 2.75) is 11.8 Å². The number of hydrogen-bond acceptors (Lipinski definition) is 3. The normalized spacial score (nSPS) is 11.5. The van der Waals surface area contributed by atoms with Crippen molar-refractivity contribution in [1.82, 2.24) is 4.98 Å². The van der Waals surface area contributed by atoms with Gasteiger partial charge in [-0.15, -0.1) is 0 Å². The molecule has 1 heterocycles. The zero-order chi connectivity index (χ0) is 19.7. The predicted molar refractivity (Wildman–Crippen MR) is 109 cm³/mol. The molecule has 1 aromatic heterocycles. The van der Waals surface area contributed by atoms with Crippen LogP contribution in [-0.2, 0) is 10.0 Å². The zero-order valence-electron chi connectivity index (χ0n) is 15.1. The van der Waals surface area contributed by atoms with E-state index in [0.29, 0.717) is 16.6 Å². The maximum atomic E-state index is 13.8. The van der Waals surface area contributed by atoms with Crippen molar-refractivity contribution in [3.63, 3.8) is 0 Å². The molecule has 0 amide bonds. The number of nitrogens with one attached hydrogen (secondary N) is 1. The Morgan fingerprint density at radius 3 is 2.32 bits per heavy atom. The molecule has 0 fully saturated rings. The molecule has 0 unspecified atom stereocenters. The van der Waals surface area contributed by atoms with Crippen molar-refractivity contribution in [2.75, 3.05) is 4.72 Å². The number of aryl methyl sites for hydroxylation is 1. The Bertz CT molecular complexity index is 1260. The molecule has 0 aliphatic heterocycles. The van der Waals surface area contributed by atoms with Crippen molar-refractivity contribution >= 4 is 26.6 Å². The van der Waals surface area contributed by atoms with Gasteiger partial charge in [0.15, 0.2) is 0 Å². The third-order valence-electron chi connectivity index (χ3n) is 4.42. The van der Waals surface area contributed by atoms with Gasteiger partial charge in [0.1, 0.15) is 5.82 Å². The summed E-state index contributed by atoms with van der Waals surface area (Å²) >= 11 is 0. The Morgan fingerprint density at radius 1 is 0.893 bits per heavy atom. The first-order valence-corrected chi connectivity index (χ1v) is 10.2. The van der Waals surface area contributed by atoms with Gasteiger partial charge in [-0.25, -0.2) is 17.8 Å². The molecule has 6 heteroatoms. The molecular weight excluding hydrogens is 375 g/mol. The second kappa shape index (κ2) is 7.05. The van der Waals surface area contributed by atoms with Crippen molar-refractivity contribution in [3.05, 3.63) is 90.2 Å². The lowest BCUT2D eigenvalue weighted by Gasteiger charge is -2.13. The number of halogens is 1. The van der Waals surface area contributed by atoms with Crippen LogP contribution in [0.1, 0.15) is 5.56 Å². The van der Waals surface area contributed by atoms with E-state index in [4.69, 9.17) is 0 Å². The molecule has 140 valence electrons. The third kappa shape index (κ3) is 3.59. The first kappa shape index (κ1) is 18.1. The van der Waals surface area contributed by atoms with E-state index < -0.39 is 15.8 Å². The molecule has 4 nitrogen and oxygen atoms in total. The Hall–Kier alpha value is -3.25. The average molecular weight is 392 g/mol. The molecule has 0 radical (unpaired) electrons. The molecule has 1 N–H and O–H groups in total. The number of anilines is 1. The smallest absolute Gasteiger partial charge is 0.261 e. The molecule has 0 aliphatic rings. The van der Waals surface area contributed by atoms with Crippen LogP contribution in [0.15, 0.2) is 83.8 Å². The summed E-state index contributed by atoms with van der Waals surface area (Å²) in [7, 11) is -3.83. The molecular formula is C22H17FN2O2S. The highest BCUT2D eigenvalue weighted by atomic mass is 32.2. The first-order valence-electron chi connectivity index (χ1n) is 8.68. The summed E-state index contributed by atoms with van der Waals surface area (Å²) < 4.78 is 42.2. The molecule has 0 spiro atoms. The molecule has 4 aromatic rings. The van der Waals surface area contributed by atoms with E-state index in [9.17, 15) is 12.8 Å². The van der Waals surface area contributed by atoms with Crippen LogP contribution in [0, 0.1) is 12.7 Å². The van der Waals surface area contributed by atoms with Gasteiger partial charge >= 0.3 is 0 Å². The minimum absolute atomic E-state index is 0.140. The lowest BCUT2D eigenvalue weighted by Crippen LogP contribution is -2.13. The van der Waals surface area contributed by atoms with Crippen molar-refractivity contribution in [1.29, 1.82) is 0 Å². The largest absolute Gasteiger partial charge is 0.279 e. The fourth-order valence-electron chi connectivity index (χ4n) is 2.96. The molecule has 0 saturated heterocycles. The number of rotatable bonds is 4. The second-order valence-electron chi connectivity index (χ2n) is 6.50. The number of hydrogen-bond donors (Lipinski definition) is 1. The summed E-state index contributed by atoms with van der Waals surface area (Å²) in [6.07, 6.45) is 0. The van der Waals surface area contributed by atoms with Gasteiger partial charge in [-0.1, -0.05) is 48.0 Å². The van der Waals surface area contributed by atoms with E-state index >= 15 is 0 Å². The van der Waals surface area contributed by atoms with Gasteiger partial charge in [-0.05, 0) is 43.3 Å². The highest BCUT2D eigenvalue weighted by Crippen LogP contribution is 2.30. The van der Waals surface area contributed by atoms with Crippen LogP contribution in [0.5, 0.6) is 0 Å². The molecule has 4 rings (SSSR count). The Morgan fingerprint density at radius 2 is 1.61 bits per heavy atom. The highest BCUT2D eigenvalue weighted by Gasteiger charge is 2.17. The molecule has 0 atom stereocenters. The van der Waals surface area contributed by atoms with E-state index in [2.05, 4.69) is 9.71 Å². The number of nitrogens with zero attached hydrogens (tertiary/aromatic N) is 1. The summed E-state index contributed by atoms with van der Waals surface area (Å²) in [6.45, 7) is 1.88. The number of fused-ring (bicyclic) bond motifs is 1.